The molecule has 1 aromatic carbocycles. The van der Waals surface area contributed by atoms with Crippen molar-refractivity contribution in [3.05, 3.63) is 34.1 Å². The zero-order chi connectivity index (χ0) is 17.6. The largest absolute Gasteiger partial charge is 0.332 e. The minimum Gasteiger partial charge on any atom is -0.332 e. The van der Waals surface area contributed by atoms with Gasteiger partial charge in [0.15, 0.2) is 5.78 Å². The number of ketones is 1. The number of halogens is 2. The Morgan fingerprint density at radius 1 is 1.29 bits per heavy atom. The van der Waals surface area contributed by atoms with E-state index in [4.69, 9.17) is 16.4 Å². The minimum absolute atomic E-state index is 0.00422. The summed E-state index contributed by atoms with van der Waals surface area (Å²) in [6, 6.07) is 3.08. The van der Waals surface area contributed by atoms with Crippen LogP contribution in [0.25, 0.3) is 0 Å². The Labute approximate surface area is 145 Å². The van der Waals surface area contributed by atoms with Crippen LogP contribution in [-0.2, 0) is 14.4 Å². The van der Waals surface area contributed by atoms with Crippen LogP contribution in [-0.4, -0.2) is 54.4 Å². The molecule has 130 valence electrons. The SMILES string of the molecule is CON1CCC2(CC1)C(=O)C(c1c(Cl)ccc(C)c1F)C(=O)N2C. The highest BCUT2D eigenvalue weighted by Crippen LogP contribution is 2.44. The van der Waals surface area contributed by atoms with E-state index in [0.29, 0.717) is 31.5 Å². The number of hydroxylamine groups is 2. The van der Waals surface area contributed by atoms with E-state index in [2.05, 4.69) is 0 Å². The summed E-state index contributed by atoms with van der Waals surface area (Å²) in [5.41, 5.74) is -0.534. The number of carbonyl (C=O) groups excluding carboxylic acids is 2. The summed E-state index contributed by atoms with van der Waals surface area (Å²) in [6.45, 7) is 2.67. The zero-order valence-corrected chi connectivity index (χ0v) is 14.7. The van der Waals surface area contributed by atoms with E-state index in [1.165, 1.54) is 11.0 Å². The van der Waals surface area contributed by atoms with Gasteiger partial charge in [-0.15, -0.1) is 0 Å². The molecular weight excluding hydrogens is 335 g/mol. The highest BCUT2D eigenvalue weighted by molar-refractivity contribution is 6.32. The number of amides is 1. The predicted octanol–water partition coefficient (Wildman–Crippen LogP) is 2.31. The Kier molecular flexibility index (Phi) is 4.40. The maximum Gasteiger partial charge on any atom is 0.238 e. The zero-order valence-electron chi connectivity index (χ0n) is 13.9. The van der Waals surface area contributed by atoms with Crippen molar-refractivity contribution in [2.45, 2.75) is 31.2 Å². The van der Waals surface area contributed by atoms with Gasteiger partial charge in [-0.25, -0.2) is 4.39 Å². The Bertz CT molecular complexity index is 701. The van der Waals surface area contributed by atoms with E-state index < -0.39 is 23.2 Å². The molecule has 1 amide bonds. The van der Waals surface area contributed by atoms with Crippen LogP contribution in [0.1, 0.15) is 29.9 Å². The summed E-state index contributed by atoms with van der Waals surface area (Å²) < 4.78 is 14.6. The lowest BCUT2D eigenvalue weighted by atomic mass is 9.80. The van der Waals surface area contributed by atoms with Crippen LogP contribution < -0.4 is 0 Å². The van der Waals surface area contributed by atoms with Gasteiger partial charge in [0.2, 0.25) is 5.91 Å². The van der Waals surface area contributed by atoms with E-state index in [1.54, 1.807) is 32.2 Å². The maximum atomic E-state index is 14.6. The lowest BCUT2D eigenvalue weighted by molar-refractivity contribution is -0.165. The van der Waals surface area contributed by atoms with E-state index in [0.717, 1.165) is 0 Å². The monoisotopic (exact) mass is 354 g/mol. The number of likely N-dealkylation sites (tertiary alicyclic amines) is 1. The first-order valence-corrected chi connectivity index (χ1v) is 8.27. The van der Waals surface area contributed by atoms with Gasteiger partial charge in [-0.1, -0.05) is 17.7 Å². The molecule has 3 rings (SSSR count). The topological polar surface area (TPSA) is 49.9 Å². The maximum absolute atomic E-state index is 14.6. The number of carbonyl (C=O) groups is 2. The summed E-state index contributed by atoms with van der Waals surface area (Å²) >= 11 is 6.14. The second-order valence-electron chi connectivity index (χ2n) is 6.43. The van der Waals surface area contributed by atoms with E-state index in [-0.39, 0.29) is 16.4 Å². The Morgan fingerprint density at radius 3 is 2.50 bits per heavy atom. The molecule has 0 N–H and O–H groups in total. The number of benzene rings is 1. The third-order valence-electron chi connectivity index (χ3n) is 5.36. The average Bonchev–Trinajstić information content (AvgIpc) is 2.75. The Morgan fingerprint density at radius 2 is 1.92 bits per heavy atom. The van der Waals surface area contributed by atoms with Crippen LogP contribution in [0.2, 0.25) is 5.02 Å². The molecule has 0 aromatic heterocycles. The summed E-state index contributed by atoms with van der Waals surface area (Å²) in [5.74, 6) is -2.40. The van der Waals surface area contributed by atoms with Crippen LogP contribution in [0, 0.1) is 12.7 Å². The van der Waals surface area contributed by atoms with E-state index in [9.17, 15) is 14.0 Å². The molecule has 0 aliphatic carbocycles. The summed E-state index contributed by atoms with van der Waals surface area (Å²) in [7, 11) is 3.19. The number of rotatable bonds is 2. The van der Waals surface area contributed by atoms with Crippen molar-refractivity contribution in [2.75, 3.05) is 27.2 Å². The van der Waals surface area contributed by atoms with Crippen molar-refractivity contribution in [1.82, 2.24) is 9.96 Å². The van der Waals surface area contributed by atoms with Crippen LogP contribution in [0.5, 0.6) is 0 Å². The number of hydrogen-bond donors (Lipinski definition) is 0. The lowest BCUT2D eigenvalue weighted by Crippen LogP contribution is -2.54. The molecule has 2 heterocycles. The molecule has 0 saturated carbocycles. The third kappa shape index (κ3) is 2.36. The highest BCUT2D eigenvalue weighted by atomic mass is 35.5. The van der Waals surface area contributed by atoms with Crippen LogP contribution in [0.4, 0.5) is 4.39 Å². The number of hydrogen-bond acceptors (Lipinski definition) is 4. The van der Waals surface area contributed by atoms with Crippen molar-refractivity contribution in [2.24, 2.45) is 0 Å². The van der Waals surface area contributed by atoms with Gasteiger partial charge in [-0.3, -0.25) is 9.59 Å². The second-order valence-corrected chi connectivity index (χ2v) is 6.84. The Hall–Kier alpha value is -1.50. The van der Waals surface area contributed by atoms with Gasteiger partial charge in [-0.05, 0) is 31.4 Å². The first-order chi connectivity index (χ1) is 11.3. The Balaban J connectivity index is 2.02. The van der Waals surface area contributed by atoms with Crippen molar-refractivity contribution in [3.63, 3.8) is 0 Å². The fraction of sp³-hybridized carbons (Fsp3) is 0.529. The van der Waals surface area contributed by atoms with Crippen molar-refractivity contribution in [3.8, 4) is 0 Å². The molecule has 2 aliphatic heterocycles. The molecule has 7 heteroatoms. The minimum atomic E-state index is -1.17. The molecule has 1 aromatic rings. The normalized spacial score (nSPS) is 24.2. The number of aryl methyl sites for hydroxylation is 1. The van der Waals surface area contributed by atoms with Gasteiger partial charge in [0.1, 0.15) is 17.3 Å². The number of Topliss-reactive ketones (excluding diaryl/α,β-unsaturated/α-hetero) is 1. The van der Waals surface area contributed by atoms with Gasteiger partial charge < -0.3 is 9.74 Å². The quantitative estimate of drug-likeness (QED) is 0.765. The molecule has 0 bridgehead atoms. The van der Waals surface area contributed by atoms with Crippen molar-refractivity contribution in [1.29, 1.82) is 0 Å². The number of likely N-dealkylation sites (N-methyl/N-ethyl adjacent to an activating group) is 1. The fourth-order valence-electron chi connectivity index (χ4n) is 3.77. The molecule has 0 radical (unpaired) electrons. The van der Waals surface area contributed by atoms with E-state index >= 15 is 0 Å². The molecular formula is C17H20ClFN2O3. The molecule has 24 heavy (non-hydrogen) atoms. The summed E-state index contributed by atoms with van der Waals surface area (Å²) in [5, 5.41) is 1.87. The molecule has 2 aliphatic rings. The fourth-order valence-corrected chi connectivity index (χ4v) is 4.02. The molecule has 1 atom stereocenters. The van der Waals surface area contributed by atoms with Gasteiger partial charge >= 0.3 is 0 Å². The molecule has 2 saturated heterocycles. The summed E-state index contributed by atoms with van der Waals surface area (Å²) in [4.78, 5) is 32.6. The van der Waals surface area contributed by atoms with Crippen LogP contribution in [0.3, 0.4) is 0 Å². The highest BCUT2D eigenvalue weighted by Gasteiger charge is 2.58. The average molecular weight is 355 g/mol. The summed E-state index contributed by atoms with van der Waals surface area (Å²) in [6.07, 6.45) is 0.924. The predicted molar refractivity (Wildman–Crippen MR) is 87.2 cm³/mol. The molecule has 5 nitrogen and oxygen atoms in total. The van der Waals surface area contributed by atoms with Gasteiger partial charge in [0.05, 0.1) is 7.11 Å². The second kappa shape index (κ2) is 6.10. The van der Waals surface area contributed by atoms with Gasteiger partial charge in [0.25, 0.3) is 0 Å². The standard InChI is InChI=1S/C17H20ClFN2O3/c1-10-4-5-11(18)12(14(10)19)13-15(22)17(20(2)16(13)23)6-8-21(24-3)9-7-17/h4-5,13H,6-9H2,1-3H3. The lowest BCUT2D eigenvalue weighted by Gasteiger charge is -2.41. The molecule has 1 unspecified atom stereocenters. The van der Waals surface area contributed by atoms with E-state index in [1.807, 2.05) is 0 Å². The number of nitrogens with zero attached hydrogens (tertiary/aromatic N) is 2. The first kappa shape index (κ1) is 17.3. The number of piperidine rings is 1. The van der Waals surface area contributed by atoms with Crippen molar-refractivity contribution < 1.29 is 18.8 Å². The van der Waals surface area contributed by atoms with Crippen LogP contribution in [0.15, 0.2) is 12.1 Å². The van der Waals surface area contributed by atoms with Gasteiger partial charge in [0, 0.05) is 30.7 Å². The molecule has 1 spiro atoms. The first-order valence-electron chi connectivity index (χ1n) is 7.89. The van der Waals surface area contributed by atoms with Crippen molar-refractivity contribution >= 4 is 23.3 Å². The van der Waals surface area contributed by atoms with Crippen LogP contribution >= 0.6 is 11.6 Å². The van der Waals surface area contributed by atoms with Gasteiger partial charge in [-0.2, -0.15) is 5.06 Å². The molecule has 2 fully saturated rings. The third-order valence-corrected chi connectivity index (χ3v) is 5.69. The smallest absolute Gasteiger partial charge is 0.238 e.